The molecule has 4 nitrogen and oxygen atoms in total. The molecule has 1 aromatic carbocycles. The van der Waals surface area contributed by atoms with E-state index in [1.54, 1.807) is 0 Å². The van der Waals surface area contributed by atoms with Crippen LogP contribution in [0.2, 0.25) is 0 Å². The third kappa shape index (κ3) is 3.43. The lowest BCUT2D eigenvalue weighted by Crippen LogP contribution is -2.33. The molecule has 2 amide bonds. The van der Waals surface area contributed by atoms with E-state index in [4.69, 9.17) is 5.73 Å². The molecule has 0 aromatic heterocycles. The summed E-state index contributed by atoms with van der Waals surface area (Å²) in [5, 5.41) is 0. The molecule has 0 bridgehead atoms. The van der Waals surface area contributed by atoms with Crippen LogP contribution in [0.1, 0.15) is 0 Å². The number of urea groups is 1. The number of ether oxygens (including phenoxy) is 1. The molecule has 1 atom stereocenters. The van der Waals surface area contributed by atoms with E-state index in [0.717, 1.165) is 11.0 Å². The van der Waals surface area contributed by atoms with E-state index in [-0.39, 0.29) is 11.4 Å². The van der Waals surface area contributed by atoms with Gasteiger partial charge in [0.25, 0.3) is 5.63 Å². The first-order chi connectivity index (χ1) is 8.24. The summed E-state index contributed by atoms with van der Waals surface area (Å²) in [7, 11) is 1.35. The quantitative estimate of drug-likeness (QED) is 0.863. The zero-order chi connectivity index (χ0) is 13.9. The number of primary amides is 1. The van der Waals surface area contributed by atoms with Crippen LogP contribution < -0.4 is 15.4 Å². The number of carbonyl (C=O) groups excluding carboxylic acids is 1. The van der Waals surface area contributed by atoms with E-state index < -0.39 is 17.8 Å². The molecule has 0 radical (unpaired) electrons. The SMILES string of the molecule is CN(C(N)=O)c1cccc(OC(F)(F)C(F)Cl)c1. The molecule has 1 aromatic rings. The molecule has 0 aliphatic rings. The normalized spacial score (nSPS) is 12.9. The molecule has 2 N–H and O–H groups in total. The van der Waals surface area contributed by atoms with Gasteiger partial charge in [-0.25, -0.2) is 9.18 Å². The third-order valence-electron chi connectivity index (χ3n) is 2.04. The summed E-state index contributed by atoms with van der Waals surface area (Å²) in [5.74, 6) is -0.339. The maximum atomic E-state index is 12.9. The summed E-state index contributed by atoms with van der Waals surface area (Å²) >= 11 is 4.65. The van der Waals surface area contributed by atoms with Crippen molar-refractivity contribution in [1.82, 2.24) is 0 Å². The predicted octanol–water partition coefficient (Wildman–Crippen LogP) is 2.71. The number of hydrogen-bond acceptors (Lipinski definition) is 2. The van der Waals surface area contributed by atoms with Gasteiger partial charge < -0.3 is 10.5 Å². The third-order valence-corrected chi connectivity index (χ3v) is 2.30. The van der Waals surface area contributed by atoms with Crippen LogP contribution in [0.15, 0.2) is 24.3 Å². The Morgan fingerprint density at radius 1 is 1.56 bits per heavy atom. The first-order valence-electron chi connectivity index (χ1n) is 4.72. The highest BCUT2D eigenvalue weighted by Crippen LogP contribution is 2.30. The lowest BCUT2D eigenvalue weighted by atomic mass is 10.3. The van der Waals surface area contributed by atoms with Gasteiger partial charge >= 0.3 is 12.1 Å². The molecular formula is C10H10ClF3N2O2. The highest BCUT2D eigenvalue weighted by molar-refractivity contribution is 6.20. The van der Waals surface area contributed by atoms with E-state index >= 15 is 0 Å². The Kier molecular flexibility index (Phi) is 4.28. The maximum absolute atomic E-state index is 12.9. The zero-order valence-corrected chi connectivity index (χ0v) is 10.00. The minimum absolute atomic E-state index is 0.223. The fraction of sp³-hybridized carbons (Fsp3) is 0.300. The van der Waals surface area contributed by atoms with Crippen molar-refractivity contribution in [3.8, 4) is 5.75 Å². The van der Waals surface area contributed by atoms with Crippen LogP contribution in [0, 0.1) is 0 Å². The van der Waals surface area contributed by atoms with Crippen LogP contribution in [0.4, 0.5) is 23.7 Å². The molecule has 0 fully saturated rings. The van der Waals surface area contributed by atoms with Crippen molar-refractivity contribution >= 4 is 23.3 Å². The van der Waals surface area contributed by atoms with Gasteiger partial charge in [-0.15, -0.1) is 0 Å². The Morgan fingerprint density at radius 2 is 2.17 bits per heavy atom. The Balaban J connectivity index is 2.93. The van der Waals surface area contributed by atoms with Crippen LogP contribution in [0.25, 0.3) is 0 Å². The molecule has 0 saturated heterocycles. The lowest BCUT2D eigenvalue weighted by molar-refractivity contribution is -0.199. The van der Waals surface area contributed by atoms with Crippen molar-refractivity contribution in [1.29, 1.82) is 0 Å². The summed E-state index contributed by atoms with van der Waals surface area (Å²) in [6.45, 7) is 0. The number of alkyl halides is 4. The molecule has 1 rings (SSSR count). The average molecular weight is 283 g/mol. The lowest BCUT2D eigenvalue weighted by Gasteiger charge is -2.19. The fourth-order valence-corrected chi connectivity index (χ4v) is 1.13. The van der Waals surface area contributed by atoms with Gasteiger partial charge in [0, 0.05) is 18.8 Å². The minimum atomic E-state index is -4.16. The molecule has 8 heteroatoms. The van der Waals surface area contributed by atoms with Gasteiger partial charge in [-0.1, -0.05) is 17.7 Å². The van der Waals surface area contributed by atoms with Gasteiger partial charge in [0.1, 0.15) is 5.75 Å². The zero-order valence-electron chi connectivity index (χ0n) is 9.24. The minimum Gasteiger partial charge on any atom is -0.429 e. The number of nitrogens with zero attached hydrogens (tertiary/aromatic N) is 1. The van der Waals surface area contributed by atoms with Gasteiger partial charge in [0.05, 0.1) is 0 Å². The molecule has 18 heavy (non-hydrogen) atoms. The molecule has 100 valence electrons. The Morgan fingerprint density at radius 3 is 2.67 bits per heavy atom. The largest absolute Gasteiger partial charge is 0.444 e. The van der Waals surface area contributed by atoms with Crippen LogP contribution in [-0.4, -0.2) is 24.8 Å². The number of anilines is 1. The topological polar surface area (TPSA) is 55.6 Å². The van der Waals surface area contributed by atoms with Crippen LogP contribution in [0.5, 0.6) is 5.75 Å². The van der Waals surface area contributed by atoms with E-state index in [1.807, 2.05) is 0 Å². The molecule has 0 aliphatic heterocycles. The van der Waals surface area contributed by atoms with E-state index in [1.165, 1.54) is 25.2 Å². The second-order valence-electron chi connectivity index (χ2n) is 3.36. The second-order valence-corrected chi connectivity index (χ2v) is 3.74. The number of amides is 2. The number of hydrogen-bond donors (Lipinski definition) is 1. The van der Waals surface area contributed by atoms with Crippen molar-refractivity contribution < 1.29 is 22.7 Å². The van der Waals surface area contributed by atoms with Crippen LogP contribution >= 0.6 is 11.6 Å². The van der Waals surface area contributed by atoms with Gasteiger partial charge in [-0.05, 0) is 12.1 Å². The van der Waals surface area contributed by atoms with Crippen molar-refractivity contribution in [2.75, 3.05) is 11.9 Å². The first kappa shape index (κ1) is 14.4. The summed E-state index contributed by atoms with van der Waals surface area (Å²) < 4.78 is 42.3. The van der Waals surface area contributed by atoms with Gasteiger partial charge in [-0.3, -0.25) is 4.90 Å². The monoisotopic (exact) mass is 282 g/mol. The van der Waals surface area contributed by atoms with Gasteiger partial charge in [0.15, 0.2) is 0 Å². The number of nitrogens with two attached hydrogens (primary N) is 1. The number of benzene rings is 1. The first-order valence-corrected chi connectivity index (χ1v) is 5.16. The van der Waals surface area contributed by atoms with Crippen molar-refractivity contribution in [3.63, 3.8) is 0 Å². The molecule has 0 saturated carbocycles. The number of rotatable bonds is 4. The van der Waals surface area contributed by atoms with Gasteiger partial charge in [-0.2, -0.15) is 8.78 Å². The average Bonchev–Trinajstić information content (AvgIpc) is 2.27. The Hall–Kier alpha value is -1.63. The standard InChI is InChI=1S/C10H10ClF3N2O2/c1-16(9(15)17)6-3-2-4-7(5-6)18-10(13,14)8(11)12/h2-5,8H,1H3,(H2,15,17). The molecule has 0 heterocycles. The smallest absolute Gasteiger partial charge is 0.429 e. The van der Waals surface area contributed by atoms with Crippen molar-refractivity contribution in [2.24, 2.45) is 5.73 Å². The Bertz CT molecular complexity index is 443. The van der Waals surface area contributed by atoms with Crippen molar-refractivity contribution in [2.45, 2.75) is 11.7 Å². The molecule has 0 spiro atoms. The summed E-state index contributed by atoms with van der Waals surface area (Å²) in [6, 6.07) is 4.30. The summed E-state index contributed by atoms with van der Waals surface area (Å²) in [6.07, 6.45) is -4.16. The Labute approximate surface area is 106 Å². The van der Waals surface area contributed by atoms with Crippen LogP contribution in [-0.2, 0) is 0 Å². The van der Waals surface area contributed by atoms with Crippen LogP contribution in [0.3, 0.4) is 0 Å². The van der Waals surface area contributed by atoms with E-state index in [2.05, 4.69) is 16.3 Å². The second kappa shape index (κ2) is 5.34. The molecular weight excluding hydrogens is 273 g/mol. The molecule has 1 unspecified atom stereocenters. The van der Waals surface area contributed by atoms with E-state index in [0.29, 0.717) is 0 Å². The summed E-state index contributed by atoms with van der Waals surface area (Å²) in [4.78, 5) is 11.9. The highest BCUT2D eigenvalue weighted by atomic mass is 35.5. The summed E-state index contributed by atoms with van der Waals surface area (Å²) in [5.41, 5.74) is 2.26. The highest BCUT2D eigenvalue weighted by Gasteiger charge is 2.42. The number of halogens is 4. The predicted molar refractivity (Wildman–Crippen MR) is 60.8 cm³/mol. The van der Waals surface area contributed by atoms with E-state index in [9.17, 15) is 18.0 Å². The number of carbonyl (C=O) groups is 1. The van der Waals surface area contributed by atoms with Gasteiger partial charge in [0.2, 0.25) is 0 Å². The molecule has 0 aliphatic carbocycles. The maximum Gasteiger partial charge on any atom is 0.444 e. The fourth-order valence-electron chi connectivity index (χ4n) is 1.08. The van der Waals surface area contributed by atoms with Crippen molar-refractivity contribution in [3.05, 3.63) is 24.3 Å².